The number of quaternary nitrogens is 1. The summed E-state index contributed by atoms with van der Waals surface area (Å²) in [5.41, 5.74) is 3.49. The van der Waals surface area contributed by atoms with Gasteiger partial charge in [-0.1, -0.05) is 0 Å². The maximum absolute atomic E-state index is 8.33. The maximum Gasteiger partial charge on any atom is 1.00 e. The molecule has 8 heavy (non-hydrogen) atoms. The van der Waals surface area contributed by atoms with Crippen molar-refractivity contribution < 1.29 is 50.3 Å². The molecule has 0 bridgehead atoms. The van der Waals surface area contributed by atoms with Gasteiger partial charge in [0.1, 0.15) is 0 Å². The van der Waals surface area contributed by atoms with Gasteiger partial charge >= 0.3 is 29.6 Å². The van der Waals surface area contributed by atoms with E-state index in [2.05, 4.69) is 5.73 Å². The van der Waals surface area contributed by atoms with Crippen LogP contribution in [0.4, 0.5) is 4.79 Å². The molecule has 0 rings (SSSR count). The van der Waals surface area contributed by atoms with Crippen LogP contribution in [0.5, 0.6) is 0 Å². The Morgan fingerprint density at radius 1 is 1.62 bits per heavy atom. The Bertz CT molecular complexity index is 45.8. The average Bonchev–Trinajstić information content (AvgIpc) is 1.33. The fraction of sp³-hybridized carbons (Fsp3) is 0.667. The number of carbonyl (C=O) groups excluding carboxylic acids is 1. The molecular formula is C3H8NNaO3. The van der Waals surface area contributed by atoms with E-state index in [0.717, 1.165) is 6.54 Å². The monoisotopic (exact) mass is 129 g/mol. The van der Waals surface area contributed by atoms with Crippen molar-refractivity contribution >= 4 is 6.16 Å². The van der Waals surface area contributed by atoms with Gasteiger partial charge in [0.15, 0.2) is 0 Å². The van der Waals surface area contributed by atoms with Gasteiger partial charge in [-0.25, -0.2) is 0 Å². The number of hydrogen-bond acceptors (Lipinski definition) is 3. The third-order valence-corrected chi connectivity index (χ3v) is 0. The molecule has 0 aromatic heterocycles. The van der Waals surface area contributed by atoms with Crippen LogP contribution in [0.2, 0.25) is 0 Å². The average molecular weight is 129 g/mol. The first-order valence-electron chi connectivity index (χ1n) is 1.82. The number of rotatable bonds is 0. The zero-order valence-electron chi connectivity index (χ0n) is 5.14. The quantitative estimate of drug-likeness (QED) is 0.330. The van der Waals surface area contributed by atoms with Crippen molar-refractivity contribution in [3.05, 3.63) is 0 Å². The molecule has 0 aliphatic carbocycles. The summed E-state index contributed by atoms with van der Waals surface area (Å²) in [7, 11) is 0. The topological polar surface area (TPSA) is 90.8 Å². The molecule has 0 amide bonds. The summed E-state index contributed by atoms with van der Waals surface area (Å²) < 4.78 is 0. The Hall–Kier alpha value is 0.230. The summed E-state index contributed by atoms with van der Waals surface area (Å²) >= 11 is 0. The third kappa shape index (κ3) is 3220. The van der Waals surface area contributed by atoms with Crippen molar-refractivity contribution in [1.82, 2.24) is 0 Å². The molecule has 0 heterocycles. The number of hydrogen-bond donors (Lipinski definition) is 1. The van der Waals surface area contributed by atoms with Crippen LogP contribution in [0, 0.1) is 0 Å². The van der Waals surface area contributed by atoms with Crippen molar-refractivity contribution in [3.8, 4) is 0 Å². The van der Waals surface area contributed by atoms with Crippen molar-refractivity contribution in [3.63, 3.8) is 0 Å². The molecule has 0 saturated heterocycles. The van der Waals surface area contributed by atoms with E-state index < -0.39 is 6.16 Å². The standard InChI is InChI=1S/C2H7N.CH2O3.Na/c1-2-3;2-1(3)4;/h2-3H2,1H3;(H2,2,3,4);/q;;+1/p-1. The minimum Gasteiger partial charge on any atom is -0.652 e. The van der Waals surface area contributed by atoms with Crippen LogP contribution in [-0.4, -0.2) is 12.7 Å². The molecule has 0 radical (unpaired) electrons. The van der Waals surface area contributed by atoms with Crippen LogP contribution in [0.15, 0.2) is 0 Å². The molecule has 0 aliphatic heterocycles. The number of carboxylic acid groups (broad SMARTS) is 2. The third-order valence-electron chi connectivity index (χ3n) is 0. The van der Waals surface area contributed by atoms with Gasteiger partial charge in [0.2, 0.25) is 0 Å². The van der Waals surface area contributed by atoms with E-state index in [1.165, 1.54) is 0 Å². The molecule has 0 unspecified atom stereocenters. The van der Waals surface area contributed by atoms with Gasteiger partial charge in [-0.05, 0) is 13.1 Å². The first-order valence-corrected chi connectivity index (χ1v) is 1.82. The zero-order chi connectivity index (χ0) is 6.28. The van der Waals surface area contributed by atoms with Crippen LogP contribution < -0.4 is 45.5 Å². The van der Waals surface area contributed by atoms with E-state index >= 15 is 0 Å². The second-order valence-corrected chi connectivity index (χ2v) is 0.750. The van der Waals surface area contributed by atoms with Crippen LogP contribution in [-0.2, 0) is 0 Å². The Balaban J connectivity index is -0.0000000575. The van der Waals surface area contributed by atoms with E-state index in [0.29, 0.717) is 0 Å². The second kappa shape index (κ2) is 15.7. The number of carbonyl (C=O) groups is 1. The summed E-state index contributed by atoms with van der Waals surface area (Å²) in [6, 6.07) is 0. The summed E-state index contributed by atoms with van der Waals surface area (Å²) in [6.45, 7) is 3.01. The fourth-order valence-electron chi connectivity index (χ4n) is 0. The van der Waals surface area contributed by atoms with Crippen molar-refractivity contribution in [2.24, 2.45) is 0 Å². The van der Waals surface area contributed by atoms with Gasteiger partial charge < -0.3 is 20.7 Å². The molecule has 44 valence electrons. The molecule has 3 N–H and O–H groups in total. The molecule has 0 spiro atoms. The maximum atomic E-state index is 8.33. The Kier molecular flexibility index (Phi) is 30.8. The van der Waals surface area contributed by atoms with Crippen LogP contribution in [0.1, 0.15) is 6.92 Å². The minimum atomic E-state index is -2.33. The summed E-state index contributed by atoms with van der Waals surface area (Å²) in [5, 5.41) is 16.7. The summed E-state index contributed by atoms with van der Waals surface area (Å²) in [5.74, 6) is 0. The molecule has 0 aromatic carbocycles. The van der Waals surface area contributed by atoms with E-state index in [4.69, 9.17) is 15.0 Å². The van der Waals surface area contributed by atoms with Crippen molar-refractivity contribution in [1.29, 1.82) is 0 Å². The largest absolute Gasteiger partial charge is 1.00 e. The first kappa shape index (κ1) is 15.7. The van der Waals surface area contributed by atoms with Gasteiger partial charge in [0.25, 0.3) is 0 Å². The predicted octanol–water partition coefficient (Wildman–Crippen LogP) is -6.19. The van der Waals surface area contributed by atoms with E-state index in [-0.39, 0.29) is 29.6 Å². The Morgan fingerprint density at radius 2 is 1.62 bits per heavy atom. The fourth-order valence-corrected chi connectivity index (χ4v) is 0. The van der Waals surface area contributed by atoms with Gasteiger partial charge in [-0.3, -0.25) is 0 Å². The molecule has 5 heteroatoms. The molecule has 0 aromatic rings. The van der Waals surface area contributed by atoms with Gasteiger partial charge in [-0.15, -0.1) is 0 Å². The van der Waals surface area contributed by atoms with Gasteiger partial charge in [-0.2, -0.15) is 0 Å². The Labute approximate surface area is 70.0 Å². The molecular weight excluding hydrogens is 121 g/mol. The second-order valence-electron chi connectivity index (χ2n) is 0.750. The molecule has 0 aliphatic rings. The molecule has 4 nitrogen and oxygen atoms in total. The summed E-state index contributed by atoms with van der Waals surface area (Å²) in [4.78, 5) is 8.33. The van der Waals surface area contributed by atoms with Crippen LogP contribution in [0.3, 0.4) is 0 Å². The Morgan fingerprint density at radius 3 is 1.62 bits per heavy atom. The van der Waals surface area contributed by atoms with Crippen LogP contribution in [0.25, 0.3) is 0 Å². The van der Waals surface area contributed by atoms with Crippen molar-refractivity contribution in [2.45, 2.75) is 6.92 Å². The van der Waals surface area contributed by atoms with E-state index in [1.807, 2.05) is 6.92 Å². The van der Waals surface area contributed by atoms with E-state index in [1.54, 1.807) is 0 Å². The normalized spacial score (nSPS) is 5.25. The van der Waals surface area contributed by atoms with Crippen LogP contribution >= 0.6 is 0 Å². The smallest absolute Gasteiger partial charge is 0.652 e. The minimum absolute atomic E-state index is 0. The SMILES string of the molecule is CC[NH3+].O=C([O-])[O-].[Na+]. The molecule has 0 saturated carbocycles. The first-order chi connectivity index (χ1) is 3.15. The van der Waals surface area contributed by atoms with Gasteiger partial charge in [0, 0.05) is 0 Å². The zero-order valence-corrected chi connectivity index (χ0v) is 7.14. The molecule has 0 fully saturated rings. The van der Waals surface area contributed by atoms with Gasteiger partial charge in [0.05, 0.1) is 6.54 Å². The molecule has 0 atom stereocenters. The summed E-state index contributed by atoms with van der Waals surface area (Å²) in [6.07, 6.45) is -2.33. The van der Waals surface area contributed by atoms with E-state index in [9.17, 15) is 0 Å². The predicted molar refractivity (Wildman–Crippen MR) is 18.8 cm³/mol. The van der Waals surface area contributed by atoms with Crippen molar-refractivity contribution in [2.75, 3.05) is 6.54 Å².